The molecule has 3 aromatic rings. The van der Waals surface area contributed by atoms with E-state index < -0.39 is 4.92 Å². The second-order valence-electron chi connectivity index (χ2n) is 11.1. The molecule has 10 heteroatoms. The summed E-state index contributed by atoms with van der Waals surface area (Å²) in [5.74, 6) is 1.75. The molecule has 2 heterocycles. The molecule has 2 aliphatic heterocycles. The smallest absolute Gasteiger partial charge is 0.311 e. The zero-order chi connectivity index (χ0) is 30.2. The van der Waals surface area contributed by atoms with Crippen LogP contribution in [0, 0.1) is 17.0 Å². The van der Waals surface area contributed by atoms with Gasteiger partial charge in [-0.3, -0.25) is 19.8 Å². The van der Waals surface area contributed by atoms with Crippen molar-refractivity contribution in [3.63, 3.8) is 0 Å². The van der Waals surface area contributed by atoms with E-state index in [1.807, 2.05) is 17.0 Å². The van der Waals surface area contributed by atoms with E-state index in [0.29, 0.717) is 31.9 Å². The number of nitrogens with zero attached hydrogens (tertiary/aromatic N) is 4. The maximum absolute atomic E-state index is 12.9. The Morgan fingerprint density at radius 2 is 1.58 bits per heavy atom. The van der Waals surface area contributed by atoms with Crippen LogP contribution in [0.1, 0.15) is 30.4 Å². The Hall–Kier alpha value is -4.31. The highest BCUT2D eigenvalue weighted by molar-refractivity contribution is 5.76. The molecule has 0 radical (unpaired) electrons. The van der Waals surface area contributed by atoms with Gasteiger partial charge in [-0.25, -0.2) is 0 Å². The molecule has 2 fully saturated rings. The van der Waals surface area contributed by atoms with E-state index in [0.717, 1.165) is 56.9 Å². The second kappa shape index (κ2) is 14.2. The standard InChI is InChI=1S/C33H40N4O6/c1-25-3-5-26(6-4-25)24-42-28-9-7-27(8-10-28)35-21-19-34(20-22-35)16-15-33(38)36-17-13-29(14-18-36)43-30-11-12-31(37(39)40)32(23-30)41-2/h3-12,23,29H,13-22,24H2,1-2H3. The third-order valence-electron chi connectivity index (χ3n) is 8.19. The molecule has 5 rings (SSSR count). The number of hydrogen-bond acceptors (Lipinski definition) is 8. The van der Waals surface area contributed by atoms with Gasteiger partial charge in [-0.2, -0.15) is 0 Å². The highest BCUT2D eigenvalue weighted by atomic mass is 16.6. The van der Waals surface area contributed by atoms with Gasteiger partial charge in [0.1, 0.15) is 24.2 Å². The lowest BCUT2D eigenvalue weighted by Crippen LogP contribution is -2.48. The van der Waals surface area contributed by atoms with E-state index in [4.69, 9.17) is 14.2 Å². The van der Waals surface area contributed by atoms with Crippen LogP contribution in [0.25, 0.3) is 0 Å². The molecule has 0 spiro atoms. The van der Waals surface area contributed by atoms with Gasteiger partial charge in [-0.15, -0.1) is 0 Å². The second-order valence-corrected chi connectivity index (χ2v) is 11.1. The minimum atomic E-state index is -0.477. The van der Waals surface area contributed by atoms with Gasteiger partial charge in [-0.05, 0) is 42.8 Å². The van der Waals surface area contributed by atoms with Gasteiger partial charge in [0.05, 0.1) is 12.0 Å². The first-order valence-corrected chi connectivity index (χ1v) is 14.9. The Bertz CT molecular complexity index is 1370. The number of benzene rings is 3. The molecule has 43 heavy (non-hydrogen) atoms. The summed E-state index contributed by atoms with van der Waals surface area (Å²) < 4.78 is 17.1. The molecule has 0 aliphatic carbocycles. The number of rotatable bonds is 11. The van der Waals surface area contributed by atoms with Crippen molar-refractivity contribution >= 4 is 17.3 Å². The van der Waals surface area contributed by atoms with Gasteiger partial charge in [0.15, 0.2) is 0 Å². The van der Waals surface area contributed by atoms with Gasteiger partial charge < -0.3 is 24.0 Å². The van der Waals surface area contributed by atoms with E-state index in [-0.39, 0.29) is 23.4 Å². The van der Waals surface area contributed by atoms with Gasteiger partial charge in [-0.1, -0.05) is 29.8 Å². The monoisotopic (exact) mass is 588 g/mol. The number of methoxy groups -OCH3 is 1. The quantitative estimate of drug-likeness (QED) is 0.226. The molecule has 0 aromatic heterocycles. The SMILES string of the molecule is COc1cc(OC2CCN(C(=O)CCN3CCN(c4ccc(OCc5ccc(C)cc5)cc4)CC3)CC2)ccc1[N+](=O)[O-]. The Labute approximate surface area is 252 Å². The molecule has 0 N–H and O–H groups in total. The minimum Gasteiger partial charge on any atom is -0.490 e. The van der Waals surface area contributed by atoms with E-state index >= 15 is 0 Å². The lowest BCUT2D eigenvalue weighted by atomic mass is 10.1. The number of likely N-dealkylation sites (tertiary alicyclic amines) is 1. The topological polar surface area (TPSA) is 97.6 Å². The van der Waals surface area contributed by atoms with Crippen molar-refractivity contribution in [3.05, 3.63) is 88.0 Å². The number of carbonyl (C=O) groups excluding carboxylic acids is 1. The summed E-state index contributed by atoms with van der Waals surface area (Å²) in [4.78, 5) is 30.2. The van der Waals surface area contributed by atoms with Crippen LogP contribution >= 0.6 is 0 Å². The van der Waals surface area contributed by atoms with E-state index in [2.05, 4.69) is 53.1 Å². The predicted octanol–water partition coefficient (Wildman–Crippen LogP) is 5.07. The maximum Gasteiger partial charge on any atom is 0.311 e. The van der Waals surface area contributed by atoms with Crippen molar-refractivity contribution < 1.29 is 23.9 Å². The van der Waals surface area contributed by atoms with Gasteiger partial charge >= 0.3 is 5.69 Å². The number of piperidine rings is 1. The van der Waals surface area contributed by atoms with Crippen LogP contribution in [-0.4, -0.2) is 79.7 Å². The van der Waals surface area contributed by atoms with Crippen molar-refractivity contribution in [1.29, 1.82) is 0 Å². The average Bonchev–Trinajstić information content (AvgIpc) is 3.04. The highest BCUT2D eigenvalue weighted by Crippen LogP contribution is 2.32. The largest absolute Gasteiger partial charge is 0.490 e. The molecular weight excluding hydrogens is 548 g/mol. The van der Waals surface area contributed by atoms with Crippen LogP contribution in [0.2, 0.25) is 0 Å². The van der Waals surface area contributed by atoms with Crippen LogP contribution in [0.5, 0.6) is 17.2 Å². The lowest BCUT2D eigenvalue weighted by Gasteiger charge is -2.37. The van der Waals surface area contributed by atoms with Gasteiger partial charge in [0.25, 0.3) is 0 Å². The number of piperazine rings is 1. The lowest BCUT2D eigenvalue weighted by molar-refractivity contribution is -0.385. The van der Waals surface area contributed by atoms with E-state index in [9.17, 15) is 14.9 Å². The normalized spacial score (nSPS) is 16.1. The molecule has 0 bridgehead atoms. The highest BCUT2D eigenvalue weighted by Gasteiger charge is 2.26. The molecule has 228 valence electrons. The Balaban J connectivity index is 0.993. The summed E-state index contributed by atoms with van der Waals surface area (Å²) in [7, 11) is 1.40. The number of ether oxygens (including phenoxy) is 3. The summed E-state index contributed by atoms with van der Waals surface area (Å²) >= 11 is 0. The zero-order valence-corrected chi connectivity index (χ0v) is 24.9. The average molecular weight is 589 g/mol. The molecular formula is C33H40N4O6. The van der Waals surface area contributed by atoms with E-state index in [1.54, 1.807) is 12.1 Å². The molecule has 1 amide bonds. The number of nitro groups is 1. The van der Waals surface area contributed by atoms with E-state index in [1.165, 1.54) is 24.4 Å². The maximum atomic E-state index is 12.9. The fraction of sp³-hybridized carbons (Fsp3) is 0.424. The first kappa shape index (κ1) is 30.2. The van der Waals surface area contributed by atoms with Crippen LogP contribution in [-0.2, 0) is 11.4 Å². The number of amides is 1. The van der Waals surface area contributed by atoms with Crippen LogP contribution < -0.4 is 19.1 Å². The third kappa shape index (κ3) is 8.16. The third-order valence-corrected chi connectivity index (χ3v) is 8.19. The molecule has 0 saturated carbocycles. The van der Waals surface area contributed by atoms with Crippen LogP contribution in [0.15, 0.2) is 66.7 Å². The number of aryl methyl sites for hydroxylation is 1. The summed E-state index contributed by atoms with van der Waals surface area (Å²) in [6, 6.07) is 21.2. The molecule has 10 nitrogen and oxygen atoms in total. The number of anilines is 1. The fourth-order valence-corrected chi connectivity index (χ4v) is 5.54. The summed E-state index contributed by atoms with van der Waals surface area (Å²) in [6.45, 7) is 8.39. The number of nitro benzene ring substituents is 1. The molecule has 3 aromatic carbocycles. The Morgan fingerprint density at radius 1 is 0.907 bits per heavy atom. The predicted molar refractivity (Wildman–Crippen MR) is 165 cm³/mol. The van der Waals surface area contributed by atoms with Gasteiger partial charge in [0.2, 0.25) is 11.7 Å². The van der Waals surface area contributed by atoms with Crippen LogP contribution in [0.4, 0.5) is 11.4 Å². The van der Waals surface area contributed by atoms with Crippen molar-refractivity contribution in [2.45, 2.75) is 38.9 Å². The minimum absolute atomic E-state index is 0.0443. The zero-order valence-electron chi connectivity index (χ0n) is 24.9. The van der Waals surface area contributed by atoms with Crippen molar-refractivity contribution in [1.82, 2.24) is 9.80 Å². The molecule has 0 unspecified atom stereocenters. The summed E-state index contributed by atoms with van der Waals surface area (Å²) in [6.07, 6.45) is 1.91. The van der Waals surface area contributed by atoms with Gasteiger partial charge in [0, 0.05) is 82.9 Å². The number of hydrogen-bond donors (Lipinski definition) is 0. The van der Waals surface area contributed by atoms with Crippen LogP contribution in [0.3, 0.4) is 0 Å². The molecule has 2 saturated heterocycles. The fourth-order valence-electron chi connectivity index (χ4n) is 5.54. The molecule has 0 atom stereocenters. The Morgan fingerprint density at radius 3 is 2.23 bits per heavy atom. The molecule has 2 aliphatic rings. The summed E-state index contributed by atoms with van der Waals surface area (Å²) in [5.41, 5.74) is 3.50. The van der Waals surface area contributed by atoms with Crippen molar-refractivity contribution in [2.75, 3.05) is 57.8 Å². The van der Waals surface area contributed by atoms with Crippen molar-refractivity contribution in [3.8, 4) is 17.2 Å². The summed E-state index contributed by atoms with van der Waals surface area (Å²) in [5, 5.41) is 11.1. The van der Waals surface area contributed by atoms with Crippen molar-refractivity contribution in [2.24, 2.45) is 0 Å². The first-order valence-electron chi connectivity index (χ1n) is 14.9. The number of carbonyl (C=O) groups is 1. The Kier molecular flexibility index (Phi) is 9.99. The first-order chi connectivity index (χ1) is 20.9.